The predicted octanol–water partition coefficient (Wildman–Crippen LogP) is 2.87. The molecule has 23 heavy (non-hydrogen) atoms. The van der Waals surface area contributed by atoms with E-state index in [9.17, 15) is 9.59 Å². The van der Waals surface area contributed by atoms with Crippen LogP contribution in [-0.4, -0.2) is 18.0 Å². The van der Waals surface area contributed by atoms with Crippen LogP contribution in [0.3, 0.4) is 0 Å². The molecule has 0 aromatic heterocycles. The number of carbonyl (C=O) groups excluding carboxylic acids is 2. The van der Waals surface area contributed by atoms with Gasteiger partial charge in [0.25, 0.3) is 0 Å². The lowest BCUT2D eigenvalue weighted by atomic mass is 10.2. The van der Waals surface area contributed by atoms with Gasteiger partial charge in [-0.15, -0.1) is 0 Å². The van der Waals surface area contributed by atoms with Gasteiger partial charge in [0.1, 0.15) is 0 Å². The molecular weight excluding hydrogens is 382 g/mol. The normalized spacial score (nSPS) is 10.5. The Morgan fingerprint density at radius 3 is 2.35 bits per heavy atom. The van der Waals surface area contributed by atoms with Gasteiger partial charge in [-0.1, -0.05) is 51.8 Å². The molecule has 0 atom stereocenters. The highest BCUT2D eigenvalue weighted by atomic mass is 79.9. The molecular formula is C16H13BrClN3O2. The van der Waals surface area contributed by atoms with Crippen molar-refractivity contribution in [1.82, 2.24) is 10.7 Å². The average Bonchev–Trinajstić information content (AvgIpc) is 2.55. The fraction of sp³-hybridized carbons (Fsp3) is 0.0625. The van der Waals surface area contributed by atoms with Crippen molar-refractivity contribution in [2.24, 2.45) is 5.10 Å². The quantitative estimate of drug-likeness (QED) is 0.475. The summed E-state index contributed by atoms with van der Waals surface area (Å²) in [6, 6.07) is 14.3. The lowest BCUT2D eigenvalue weighted by molar-refractivity contribution is -0.139. The third kappa shape index (κ3) is 5.84. The van der Waals surface area contributed by atoms with Gasteiger partial charge in [-0.25, -0.2) is 5.43 Å². The molecule has 0 heterocycles. The van der Waals surface area contributed by atoms with Gasteiger partial charge in [0.2, 0.25) is 0 Å². The Balaban J connectivity index is 1.79. The molecule has 0 saturated carbocycles. The van der Waals surface area contributed by atoms with Crippen LogP contribution in [0.4, 0.5) is 0 Å². The lowest BCUT2D eigenvalue weighted by Crippen LogP contribution is -2.37. The third-order valence-electron chi connectivity index (χ3n) is 2.82. The molecule has 7 heteroatoms. The summed E-state index contributed by atoms with van der Waals surface area (Å²) in [6.45, 7) is 0.236. The van der Waals surface area contributed by atoms with E-state index in [1.807, 2.05) is 24.3 Å². The van der Waals surface area contributed by atoms with Crippen molar-refractivity contribution in [3.8, 4) is 0 Å². The van der Waals surface area contributed by atoms with E-state index < -0.39 is 11.8 Å². The van der Waals surface area contributed by atoms with Gasteiger partial charge in [0, 0.05) is 16.0 Å². The molecule has 0 saturated heterocycles. The molecule has 0 aliphatic rings. The van der Waals surface area contributed by atoms with E-state index in [4.69, 9.17) is 11.6 Å². The molecule has 0 bridgehead atoms. The minimum atomic E-state index is -0.827. The summed E-state index contributed by atoms with van der Waals surface area (Å²) in [5.41, 5.74) is 3.82. The molecule has 2 rings (SSSR count). The Labute approximate surface area is 146 Å². The third-order valence-corrected chi connectivity index (χ3v) is 3.60. The second kappa shape index (κ2) is 8.45. The minimum Gasteiger partial charge on any atom is -0.344 e. The van der Waals surface area contributed by atoms with E-state index in [1.54, 1.807) is 24.3 Å². The number of hydrazone groups is 1. The molecule has 2 aromatic carbocycles. The van der Waals surface area contributed by atoms with E-state index in [2.05, 4.69) is 31.8 Å². The Bertz CT molecular complexity index is 715. The summed E-state index contributed by atoms with van der Waals surface area (Å²) in [4.78, 5) is 23.2. The highest BCUT2D eigenvalue weighted by molar-refractivity contribution is 9.10. The van der Waals surface area contributed by atoms with Crippen LogP contribution in [0, 0.1) is 0 Å². The first-order chi connectivity index (χ1) is 11.0. The summed E-state index contributed by atoms with van der Waals surface area (Å²) in [7, 11) is 0. The van der Waals surface area contributed by atoms with Gasteiger partial charge in [-0.3, -0.25) is 9.59 Å². The van der Waals surface area contributed by atoms with E-state index in [0.29, 0.717) is 5.02 Å². The summed E-state index contributed by atoms with van der Waals surface area (Å²) >= 11 is 9.09. The Morgan fingerprint density at radius 2 is 1.70 bits per heavy atom. The Hall–Kier alpha value is -2.18. The van der Waals surface area contributed by atoms with Gasteiger partial charge in [0.05, 0.1) is 6.21 Å². The SMILES string of the molecule is O=C(NCc1ccc(Cl)cc1)C(=O)N/N=C/c1ccc(Br)cc1. The molecule has 0 aliphatic carbocycles. The second-order valence-corrected chi connectivity index (χ2v) is 5.91. The zero-order valence-electron chi connectivity index (χ0n) is 11.9. The van der Waals surface area contributed by atoms with Crippen LogP contribution in [0.1, 0.15) is 11.1 Å². The van der Waals surface area contributed by atoms with E-state index >= 15 is 0 Å². The van der Waals surface area contributed by atoms with Crippen LogP contribution in [0.2, 0.25) is 5.02 Å². The summed E-state index contributed by atoms with van der Waals surface area (Å²) in [5, 5.41) is 6.85. The molecule has 0 spiro atoms. The fourth-order valence-electron chi connectivity index (χ4n) is 1.63. The van der Waals surface area contributed by atoms with Crippen molar-refractivity contribution in [2.45, 2.75) is 6.54 Å². The predicted molar refractivity (Wildman–Crippen MR) is 93.2 cm³/mol. The maximum atomic E-state index is 11.6. The minimum absolute atomic E-state index is 0.236. The van der Waals surface area contributed by atoms with Crippen molar-refractivity contribution in [3.05, 3.63) is 69.2 Å². The first-order valence-electron chi connectivity index (χ1n) is 6.66. The van der Waals surface area contributed by atoms with Crippen LogP contribution in [0.15, 0.2) is 58.1 Å². The highest BCUT2D eigenvalue weighted by Crippen LogP contribution is 2.09. The summed E-state index contributed by atoms with van der Waals surface area (Å²) in [6.07, 6.45) is 1.46. The standard InChI is InChI=1S/C16H13BrClN3O2/c17-13-5-1-12(2-6-13)10-20-21-16(23)15(22)19-9-11-3-7-14(18)8-4-11/h1-8,10H,9H2,(H,19,22)(H,21,23)/b20-10+. The number of nitrogens with zero attached hydrogens (tertiary/aromatic N) is 1. The van der Waals surface area contributed by atoms with Crippen LogP contribution < -0.4 is 10.7 Å². The number of hydrogen-bond acceptors (Lipinski definition) is 3. The topological polar surface area (TPSA) is 70.6 Å². The van der Waals surface area contributed by atoms with E-state index in [-0.39, 0.29) is 6.54 Å². The first kappa shape index (κ1) is 17.2. The van der Waals surface area contributed by atoms with E-state index in [0.717, 1.165) is 15.6 Å². The molecule has 0 radical (unpaired) electrons. The molecule has 0 unspecified atom stereocenters. The van der Waals surface area contributed by atoms with Gasteiger partial charge in [-0.2, -0.15) is 5.10 Å². The van der Waals surface area contributed by atoms with E-state index in [1.165, 1.54) is 6.21 Å². The Morgan fingerprint density at radius 1 is 1.04 bits per heavy atom. The smallest absolute Gasteiger partial charge is 0.329 e. The molecule has 0 aliphatic heterocycles. The maximum absolute atomic E-state index is 11.6. The van der Waals surface area contributed by atoms with Crippen molar-refractivity contribution < 1.29 is 9.59 Å². The van der Waals surface area contributed by atoms with Crippen LogP contribution >= 0.6 is 27.5 Å². The molecule has 0 fully saturated rings. The monoisotopic (exact) mass is 393 g/mol. The van der Waals surface area contributed by atoms with Gasteiger partial charge in [-0.05, 0) is 35.4 Å². The molecule has 2 amide bonds. The first-order valence-corrected chi connectivity index (χ1v) is 7.83. The molecule has 118 valence electrons. The summed E-state index contributed by atoms with van der Waals surface area (Å²) < 4.78 is 0.945. The average molecular weight is 395 g/mol. The number of carbonyl (C=O) groups is 2. The maximum Gasteiger partial charge on any atom is 0.329 e. The number of rotatable bonds is 4. The van der Waals surface area contributed by atoms with Gasteiger partial charge in [0.15, 0.2) is 0 Å². The lowest BCUT2D eigenvalue weighted by Gasteiger charge is -2.04. The van der Waals surface area contributed by atoms with Crippen molar-refractivity contribution in [1.29, 1.82) is 0 Å². The number of halogens is 2. The zero-order chi connectivity index (χ0) is 16.7. The fourth-order valence-corrected chi connectivity index (χ4v) is 2.02. The van der Waals surface area contributed by atoms with Gasteiger partial charge >= 0.3 is 11.8 Å². The molecule has 2 aromatic rings. The van der Waals surface area contributed by atoms with Crippen LogP contribution in [-0.2, 0) is 16.1 Å². The highest BCUT2D eigenvalue weighted by Gasteiger charge is 2.11. The summed E-state index contributed by atoms with van der Waals surface area (Å²) in [5.74, 6) is -1.58. The van der Waals surface area contributed by atoms with Gasteiger partial charge < -0.3 is 5.32 Å². The Kier molecular flexibility index (Phi) is 6.31. The molecule has 2 N–H and O–H groups in total. The van der Waals surface area contributed by atoms with Crippen molar-refractivity contribution in [3.63, 3.8) is 0 Å². The molecule has 5 nitrogen and oxygen atoms in total. The largest absolute Gasteiger partial charge is 0.344 e. The number of nitrogens with one attached hydrogen (secondary N) is 2. The number of amides is 2. The van der Waals surface area contributed by atoms with Crippen LogP contribution in [0.5, 0.6) is 0 Å². The second-order valence-electron chi connectivity index (χ2n) is 4.56. The van der Waals surface area contributed by atoms with Crippen molar-refractivity contribution in [2.75, 3.05) is 0 Å². The number of hydrogen-bond donors (Lipinski definition) is 2. The van der Waals surface area contributed by atoms with Crippen molar-refractivity contribution >= 4 is 45.6 Å². The van der Waals surface area contributed by atoms with Crippen LogP contribution in [0.25, 0.3) is 0 Å². The zero-order valence-corrected chi connectivity index (χ0v) is 14.3. The number of benzene rings is 2.